The van der Waals surface area contributed by atoms with Gasteiger partial charge in [-0.25, -0.2) is 0 Å². The molecule has 1 aliphatic rings. The molecule has 1 aliphatic heterocycles. The molecule has 2 atom stereocenters. The molecular weight excluding hydrogens is 284 g/mol. The van der Waals surface area contributed by atoms with Crippen LogP contribution in [0.15, 0.2) is 15.9 Å². The summed E-state index contributed by atoms with van der Waals surface area (Å²) in [4.78, 5) is 3.88. The average Bonchev–Trinajstić information content (AvgIpc) is 2.88. The van der Waals surface area contributed by atoms with Crippen LogP contribution in [0.1, 0.15) is 30.7 Å². The average molecular weight is 303 g/mol. The number of hydrogen-bond acceptors (Lipinski definition) is 3. The standard InChI is InChI=1S/C12H19BrN2S/c1-9(11-5-6-12(13)16-11)15(2)8-10-4-3-7-14-10/h5-6,9-10,14H,3-4,7-8H2,1-2H3. The van der Waals surface area contributed by atoms with Gasteiger partial charge in [0.05, 0.1) is 3.79 Å². The van der Waals surface area contributed by atoms with Crippen molar-refractivity contribution < 1.29 is 0 Å². The Morgan fingerprint density at radius 2 is 2.44 bits per heavy atom. The number of hydrogen-bond donors (Lipinski definition) is 1. The Bertz CT molecular complexity index is 334. The van der Waals surface area contributed by atoms with Crippen molar-refractivity contribution in [1.29, 1.82) is 0 Å². The topological polar surface area (TPSA) is 15.3 Å². The normalized spacial score (nSPS) is 22.9. The third-order valence-electron chi connectivity index (χ3n) is 3.34. The molecule has 1 N–H and O–H groups in total. The van der Waals surface area contributed by atoms with Gasteiger partial charge < -0.3 is 5.32 Å². The number of nitrogens with one attached hydrogen (secondary N) is 1. The first-order valence-corrected chi connectivity index (χ1v) is 7.46. The maximum atomic E-state index is 3.55. The first kappa shape index (κ1) is 12.6. The maximum Gasteiger partial charge on any atom is 0.0701 e. The Morgan fingerprint density at radius 1 is 1.62 bits per heavy atom. The van der Waals surface area contributed by atoms with Crippen LogP contribution in [0.5, 0.6) is 0 Å². The fourth-order valence-electron chi connectivity index (χ4n) is 2.19. The summed E-state index contributed by atoms with van der Waals surface area (Å²) in [7, 11) is 2.22. The first-order chi connectivity index (χ1) is 7.66. The number of halogens is 1. The van der Waals surface area contributed by atoms with Gasteiger partial charge >= 0.3 is 0 Å². The van der Waals surface area contributed by atoms with Crippen molar-refractivity contribution in [1.82, 2.24) is 10.2 Å². The summed E-state index contributed by atoms with van der Waals surface area (Å²) in [6.07, 6.45) is 2.66. The lowest BCUT2D eigenvalue weighted by atomic mass is 10.2. The third-order valence-corrected chi connectivity index (χ3v) is 5.13. The predicted molar refractivity (Wildman–Crippen MR) is 74.1 cm³/mol. The number of rotatable bonds is 4. The smallest absolute Gasteiger partial charge is 0.0701 e. The van der Waals surface area contributed by atoms with Crippen LogP contribution in [-0.2, 0) is 0 Å². The van der Waals surface area contributed by atoms with Gasteiger partial charge in [0, 0.05) is 23.5 Å². The lowest BCUT2D eigenvalue weighted by Crippen LogP contribution is -2.36. The van der Waals surface area contributed by atoms with Crippen LogP contribution in [0, 0.1) is 0 Å². The van der Waals surface area contributed by atoms with Gasteiger partial charge in [-0.15, -0.1) is 11.3 Å². The van der Waals surface area contributed by atoms with E-state index in [1.807, 2.05) is 11.3 Å². The quantitative estimate of drug-likeness (QED) is 0.918. The largest absolute Gasteiger partial charge is 0.313 e. The highest BCUT2D eigenvalue weighted by Crippen LogP contribution is 2.30. The van der Waals surface area contributed by atoms with E-state index in [4.69, 9.17) is 0 Å². The van der Waals surface area contributed by atoms with Gasteiger partial charge in [0.1, 0.15) is 0 Å². The Hall–Kier alpha value is 0.1000. The molecule has 1 aromatic heterocycles. The van der Waals surface area contributed by atoms with Crippen molar-refractivity contribution in [2.45, 2.75) is 31.8 Å². The van der Waals surface area contributed by atoms with Gasteiger partial charge in [-0.3, -0.25) is 4.90 Å². The molecule has 0 aromatic carbocycles. The maximum absolute atomic E-state index is 3.55. The fraction of sp³-hybridized carbons (Fsp3) is 0.667. The van der Waals surface area contributed by atoms with E-state index in [0.29, 0.717) is 12.1 Å². The molecule has 90 valence electrons. The summed E-state index contributed by atoms with van der Waals surface area (Å²) in [5.74, 6) is 0. The summed E-state index contributed by atoms with van der Waals surface area (Å²) in [5, 5.41) is 3.55. The second kappa shape index (κ2) is 5.63. The van der Waals surface area contributed by atoms with Crippen molar-refractivity contribution in [2.75, 3.05) is 20.1 Å². The molecule has 1 saturated heterocycles. The minimum absolute atomic E-state index is 0.513. The van der Waals surface area contributed by atoms with Gasteiger partial charge in [-0.2, -0.15) is 0 Å². The molecule has 0 spiro atoms. The van der Waals surface area contributed by atoms with Crippen LogP contribution in [0.25, 0.3) is 0 Å². The molecule has 2 unspecified atom stereocenters. The highest BCUT2D eigenvalue weighted by Gasteiger charge is 2.20. The number of nitrogens with zero attached hydrogens (tertiary/aromatic N) is 1. The minimum Gasteiger partial charge on any atom is -0.313 e. The van der Waals surface area contributed by atoms with E-state index in [0.717, 1.165) is 6.54 Å². The Labute approximate surface area is 110 Å². The van der Waals surface area contributed by atoms with E-state index in [1.165, 1.54) is 28.0 Å². The van der Waals surface area contributed by atoms with Crippen LogP contribution >= 0.6 is 27.3 Å². The summed E-state index contributed by atoms with van der Waals surface area (Å²) in [5.41, 5.74) is 0. The van der Waals surface area contributed by atoms with E-state index in [1.54, 1.807) is 0 Å². The number of thiophene rings is 1. The Kier molecular flexibility index (Phi) is 4.41. The fourth-order valence-corrected chi connectivity index (χ4v) is 3.73. The molecule has 0 amide bonds. The molecule has 1 fully saturated rings. The zero-order valence-electron chi connectivity index (χ0n) is 9.87. The molecular formula is C12H19BrN2S. The van der Waals surface area contributed by atoms with Crippen molar-refractivity contribution in [3.63, 3.8) is 0 Å². The van der Waals surface area contributed by atoms with Gasteiger partial charge in [0.2, 0.25) is 0 Å². The van der Waals surface area contributed by atoms with Gasteiger partial charge in [-0.1, -0.05) is 0 Å². The molecule has 2 heterocycles. The molecule has 0 bridgehead atoms. The van der Waals surface area contributed by atoms with Crippen LogP contribution in [-0.4, -0.2) is 31.1 Å². The Morgan fingerprint density at radius 3 is 3.00 bits per heavy atom. The molecule has 1 aromatic rings. The van der Waals surface area contributed by atoms with E-state index >= 15 is 0 Å². The third kappa shape index (κ3) is 3.06. The van der Waals surface area contributed by atoms with Gasteiger partial charge in [0.25, 0.3) is 0 Å². The predicted octanol–water partition coefficient (Wildman–Crippen LogP) is 3.26. The lowest BCUT2D eigenvalue weighted by Gasteiger charge is -2.26. The molecule has 0 aliphatic carbocycles. The molecule has 0 radical (unpaired) electrons. The van der Waals surface area contributed by atoms with Crippen LogP contribution < -0.4 is 5.32 Å². The summed E-state index contributed by atoms with van der Waals surface area (Å²) >= 11 is 5.36. The summed E-state index contributed by atoms with van der Waals surface area (Å²) in [6, 6.07) is 5.56. The molecule has 16 heavy (non-hydrogen) atoms. The molecule has 2 rings (SSSR count). The Balaban J connectivity index is 1.90. The van der Waals surface area contributed by atoms with E-state index < -0.39 is 0 Å². The van der Waals surface area contributed by atoms with Crippen molar-refractivity contribution in [3.05, 3.63) is 20.8 Å². The van der Waals surface area contributed by atoms with Crippen molar-refractivity contribution in [3.8, 4) is 0 Å². The van der Waals surface area contributed by atoms with Crippen LogP contribution in [0.2, 0.25) is 0 Å². The van der Waals surface area contributed by atoms with Crippen LogP contribution in [0.3, 0.4) is 0 Å². The van der Waals surface area contributed by atoms with E-state index in [9.17, 15) is 0 Å². The molecule has 2 nitrogen and oxygen atoms in total. The van der Waals surface area contributed by atoms with E-state index in [2.05, 4.69) is 52.3 Å². The SMILES string of the molecule is CC(c1ccc(Br)s1)N(C)CC1CCCN1. The van der Waals surface area contributed by atoms with E-state index in [-0.39, 0.29) is 0 Å². The molecule has 4 heteroatoms. The van der Waals surface area contributed by atoms with Crippen molar-refractivity contribution >= 4 is 27.3 Å². The zero-order chi connectivity index (χ0) is 11.5. The van der Waals surface area contributed by atoms with Gasteiger partial charge in [-0.05, 0) is 61.4 Å². The molecule has 0 saturated carbocycles. The highest BCUT2D eigenvalue weighted by atomic mass is 79.9. The lowest BCUT2D eigenvalue weighted by molar-refractivity contribution is 0.241. The summed E-state index contributed by atoms with van der Waals surface area (Å²) < 4.78 is 1.22. The second-order valence-corrected chi connectivity index (χ2v) is 7.05. The number of likely N-dealkylation sites (N-methyl/N-ethyl adjacent to an activating group) is 1. The van der Waals surface area contributed by atoms with Crippen LogP contribution in [0.4, 0.5) is 0 Å². The first-order valence-electron chi connectivity index (χ1n) is 5.85. The summed E-state index contributed by atoms with van der Waals surface area (Å²) in [6.45, 7) is 4.63. The highest BCUT2D eigenvalue weighted by molar-refractivity contribution is 9.11. The zero-order valence-corrected chi connectivity index (χ0v) is 12.3. The minimum atomic E-state index is 0.513. The van der Waals surface area contributed by atoms with Crippen molar-refractivity contribution in [2.24, 2.45) is 0 Å². The second-order valence-electron chi connectivity index (χ2n) is 4.55. The van der Waals surface area contributed by atoms with Gasteiger partial charge in [0.15, 0.2) is 0 Å². The monoisotopic (exact) mass is 302 g/mol.